The zero-order valence-corrected chi connectivity index (χ0v) is 5.26. The number of amides is 2. The van der Waals surface area contributed by atoms with Crippen LogP contribution in [0.25, 0.3) is 0 Å². The lowest BCUT2D eigenvalue weighted by atomic mass is 10.3. The lowest BCUT2D eigenvalue weighted by molar-refractivity contribution is -0.111. The van der Waals surface area contributed by atoms with Crippen molar-refractivity contribution < 1.29 is 9.59 Å². The lowest BCUT2D eigenvalue weighted by Gasteiger charge is -2.06. The standard InChI is InChI=1S/C5H10N2O2/c1-5(7-4-9)2-6-3-8/h3-5H,2H2,1H3,(H,6,8)(H,7,9). The first-order valence-electron chi connectivity index (χ1n) is 2.68. The molecule has 0 aromatic carbocycles. The van der Waals surface area contributed by atoms with Gasteiger partial charge in [-0.2, -0.15) is 0 Å². The summed E-state index contributed by atoms with van der Waals surface area (Å²) in [4.78, 5) is 19.4. The summed E-state index contributed by atoms with van der Waals surface area (Å²) in [6.45, 7) is 2.27. The number of nitrogens with one attached hydrogen (secondary N) is 2. The van der Waals surface area contributed by atoms with Gasteiger partial charge >= 0.3 is 0 Å². The highest BCUT2D eigenvalue weighted by molar-refractivity contribution is 5.48. The molecule has 0 saturated carbocycles. The second kappa shape index (κ2) is 5.08. The molecule has 2 amide bonds. The van der Waals surface area contributed by atoms with Gasteiger partial charge in [0.05, 0.1) is 0 Å². The number of carbonyl (C=O) groups is 2. The predicted octanol–water partition coefficient (Wildman–Crippen LogP) is -1.13. The highest BCUT2D eigenvalue weighted by Gasteiger charge is 1.94. The van der Waals surface area contributed by atoms with Crippen molar-refractivity contribution in [1.29, 1.82) is 0 Å². The Hall–Kier alpha value is -1.06. The Labute approximate surface area is 53.6 Å². The third-order valence-electron chi connectivity index (χ3n) is 0.860. The molecule has 0 aliphatic rings. The molecule has 4 nitrogen and oxygen atoms in total. The quantitative estimate of drug-likeness (QED) is 0.462. The Morgan fingerprint density at radius 1 is 1.44 bits per heavy atom. The maximum Gasteiger partial charge on any atom is 0.207 e. The number of carbonyl (C=O) groups excluding carboxylic acids is 2. The van der Waals surface area contributed by atoms with E-state index in [0.29, 0.717) is 19.4 Å². The molecule has 0 spiro atoms. The number of rotatable bonds is 5. The van der Waals surface area contributed by atoms with E-state index >= 15 is 0 Å². The van der Waals surface area contributed by atoms with E-state index in [4.69, 9.17) is 0 Å². The van der Waals surface area contributed by atoms with Crippen molar-refractivity contribution in [3.63, 3.8) is 0 Å². The van der Waals surface area contributed by atoms with Crippen LogP contribution in [0.1, 0.15) is 6.92 Å². The molecule has 2 N–H and O–H groups in total. The molecule has 0 aromatic rings. The first kappa shape index (κ1) is 7.94. The van der Waals surface area contributed by atoms with E-state index in [0.717, 1.165) is 0 Å². The molecule has 0 aliphatic carbocycles. The van der Waals surface area contributed by atoms with E-state index in [9.17, 15) is 9.59 Å². The van der Waals surface area contributed by atoms with Crippen LogP contribution in [0, 0.1) is 0 Å². The third kappa shape index (κ3) is 4.80. The summed E-state index contributed by atoms with van der Waals surface area (Å²) >= 11 is 0. The zero-order chi connectivity index (χ0) is 7.11. The van der Waals surface area contributed by atoms with Gasteiger partial charge in [0.25, 0.3) is 0 Å². The van der Waals surface area contributed by atoms with Crippen molar-refractivity contribution >= 4 is 12.8 Å². The summed E-state index contributed by atoms with van der Waals surface area (Å²) in [5.41, 5.74) is 0. The van der Waals surface area contributed by atoms with Crippen molar-refractivity contribution in [3.05, 3.63) is 0 Å². The molecular formula is C5H10N2O2. The molecule has 0 fully saturated rings. The SMILES string of the molecule is CC(CNC=O)NC=O. The van der Waals surface area contributed by atoms with Crippen LogP contribution in [0.3, 0.4) is 0 Å². The van der Waals surface area contributed by atoms with Crippen LogP contribution in [0.4, 0.5) is 0 Å². The fourth-order valence-corrected chi connectivity index (χ4v) is 0.400. The minimum Gasteiger partial charge on any atom is -0.357 e. The average Bonchev–Trinajstić information content (AvgIpc) is 1.85. The Morgan fingerprint density at radius 2 is 2.11 bits per heavy atom. The maximum atomic E-state index is 9.75. The van der Waals surface area contributed by atoms with Crippen molar-refractivity contribution in [2.45, 2.75) is 13.0 Å². The van der Waals surface area contributed by atoms with Crippen LogP contribution in [-0.4, -0.2) is 25.4 Å². The van der Waals surface area contributed by atoms with Crippen LogP contribution in [0.15, 0.2) is 0 Å². The average molecular weight is 130 g/mol. The van der Waals surface area contributed by atoms with Gasteiger partial charge in [0.15, 0.2) is 0 Å². The molecule has 0 saturated heterocycles. The Balaban J connectivity index is 3.14. The fourth-order valence-electron chi connectivity index (χ4n) is 0.400. The Kier molecular flexibility index (Phi) is 4.49. The minimum atomic E-state index is 0.00713. The van der Waals surface area contributed by atoms with E-state index in [2.05, 4.69) is 10.6 Å². The molecule has 0 rings (SSSR count). The van der Waals surface area contributed by atoms with Gasteiger partial charge in [-0.15, -0.1) is 0 Å². The van der Waals surface area contributed by atoms with Gasteiger partial charge in [-0.1, -0.05) is 0 Å². The zero-order valence-electron chi connectivity index (χ0n) is 5.26. The van der Waals surface area contributed by atoms with Crippen molar-refractivity contribution in [2.24, 2.45) is 0 Å². The summed E-state index contributed by atoms with van der Waals surface area (Å²) < 4.78 is 0. The minimum absolute atomic E-state index is 0.00713. The van der Waals surface area contributed by atoms with Crippen molar-refractivity contribution in [3.8, 4) is 0 Å². The third-order valence-corrected chi connectivity index (χ3v) is 0.860. The van der Waals surface area contributed by atoms with E-state index in [-0.39, 0.29) is 6.04 Å². The first-order valence-corrected chi connectivity index (χ1v) is 2.68. The van der Waals surface area contributed by atoms with Crippen LogP contribution in [-0.2, 0) is 9.59 Å². The summed E-state index contributed by atoms with van der Waals surface area (Å²) in [6.07, 6.45) is 1.21. The fraction of sp³-hybridized carbons (Fsp3) is 0.600. The van der Waals surface area contributed by atoms with Gasteiger partial charge in [0.1, 0.15) is 0 Å². The molecule has 0 aliphatic heterocycles. The second-order valence-electron chi connectivity index (χ2n) is 1.71. The molecule has 4 heteroatoms. The molecule has 52 valence electrons. The van der Waals surface area contributed by atoms with Crippen LogP contribution in [0.2, 0.25) is 0 Å². The topological polar surface area (TPSA) is 58.2 Å². The second-order valence-corrected chi connectivity index (χ2v) is 1.71. The van der Waals surface area contributed by atoms with Gasteiger partial charge in [-0.05, 0) is 6.92 Å². The summed E-state index contributed by atoms with van der Waals surface area (Å²) in [5.74, 6) is 0. The van der Waals surface area contributed by atoms with E-state index < -0.39 is 0 Å². The van der Waals surface area contributed by atoms with Gasteiger partial charge in [-0.3, -0.25) is 9.59 Å². The van der Waals surface area contributed by atoms with Crippen molar-refractivity contribution in [1.82, 2.24) is 10.6 Å². The van der Waals surface area contributed by atoms with Crippen molar-refractivity contribution in [2.75, 3.05) is 6.54 Å². The molecular weight excluding hydrogens is 120 g/mol. The monoisotopic (exact) mass is 130 g/mol. The van der Waals surface area contributed by atoms with E-state index in [1.165, 1.54) is 0 Å². The largest absolute Gasteiger partial charge is 0.357 e. The van der Waals surface area contributed by atoms with E-state index in [1.54, 1.807) is 6.92 Å². The van der Waals surface area contributed by atoms with Crippen LogP contribution >= 0.6 is 0 Å². The smallest absolute Gasteiger partial charge is 0.207 e. The van der Waals surface area contributed by atoms with Gasteiger partial charge in [0.2, 0.25) is 12.8 Å². The Morgan fingerprint density at radius 3 is 2.56 bits per heavy atom. The first-order chi connectivity index (χ1) is 4.31. The normalized spacial score (nSPS) is 11.7. The highest BCUT2D eigenvalue weighted by atomic mass is 16.1. The molecule has 0 heterocycles. The molecule has 9 heavy (non-hydrogen) atoms. The molecule has 0 bridgehead atoms. The van der Waals surface area contributed by atoms with Crippen LogP contribution < -0.4 is 10.6 Å². The Bertz CT molecular complexity index is 95.0. The van der Waals surface area contributed by atoms with Gasteiger partial charge in [-0.25, -0.2) is 0 Å². The number of hydrogen-bond donors (Lipinski definition) is 2. The van der Waals surface area contributed by atoms with E-state index in [1.807, 2.05) is 0 Å². The molecule has 1 unspecified atom stereocenters. The summed E-state index contributed by atoms with van der Waals surface area (Å²) in [5, 5.41) is 4.91. The summed E-state index contributed by atoms with van der Waals surface area (Å²) in [7, 11) is 0. The summed E-state index contributed by atoms with van der Waals surface area (Å²) in [6, 6.07) is 0.00713. The predicted molar refractivity (Wildman–Crippen MR) is 32.7 cm³/mol. The lowest BCUT2D eigenvalue weighted by Crippen LogP contribution is -2.34. The number of hydrogen-bond acceptors (Lipinski definition) is 2. The molecule has 1 atom stereocenters. The highest BCUT2D eigenvalue weighted by Crippen LogP contribution is 1.71. The maximum absolute atomic E-state index is 9.75. The molecule has 0 radical (unpaired) electrons. The van der Waals surface area contributed by atoms with Crippen LogP contribution in [0.5, 0.6) is 0 Å². The van der Waals surface area contributed by atoms with Gasteiger partial charge in [0, 0.05) is 12.6 Å². The van der Waals surface area contributed by atoms with Gasteiger partial charge < -0.3 is 10.6 Å². The molecule has 0 aromatic heterocycles.